The maximum Gasteiger partial charge on any atom is 0.404 e. The van der Waals surface area contributed by atoms with Crippen LogP contribution < -0.4 is 5.32 Å². The van der Waals surface area contributed by atoms with Crippen molar-refractivity contribution in [2.45, 2.75) is 11.4 Å². The lowest BCUT2D eigenvalue weighted by Crippen LogP contribution is -2.19. The van der Waals surface area contributed by atoms with Crippen LogP contribution in [0, 0.1) is 10.1 Å². The van der Waals surface area contributed by atoms with Gasteiger partial charge in [0.2, 0.25) is 5.91 Å². The number of hydrogen-bond acceptors (Lipinski definition) is 5. The van der Waals surface area contributed by atoms with Crippen molar-refractivity contribution in [2.24, 2.45) is 0 Å². The number of carbonyl (C=O) groups excluding carboxylic acids is 1. The lowest BCUT2D eigenvalue weighted by atomic mass is 10.3. The molecule has 1 N–H and O–H groups in total. The molecule has 0 spiro atoms. The number of aromatic nitrogens is 2. The standard InChI is InChI=1S/C12H11BrN4O3S/c1-21-9-4-2-3-8(5-9)14-11(18)7-16-6-10(13)12(15-16)17(19)20/h2-6H,7H2,1H3,(H,14,18). The van der Waals surface area contributed by atoms with E-state index in [0.717, 1.165) is 4.90 Å². The monoisotopic (exact) mass is 370 g/mol. The number of nitro groups is 1. The first-order valence-electron chi connectivity index (χ1n) is 5.81. The third-order valence-corrected chi connectivity index (χ3v) is 3.82. The van der Waals surface area contributed by atoms with Crippen molar-refractivity contribution in [2.75, 3.05) is 11.6 Å². The summed E-state index contributed by atoms with van der Waals surface area (Å²) in [5.41, 5.74) is 0.674. The smallest absolute Gasteiger partial charge is 0.358 e. The highest BCUT2D eigenvalue weighted by molar-refractivity contribution is 9.10. The first kappa shape index (κ1) is 15.5. The normalized spacial score (nSPS) is 10.4. The van der Waals surface area contributed by atoms with Gasteiger partial charge < -0.3 is 15.4 Å². The number of carbonyl (C=O) groups is 1. The Kier molecular flexibility index (Phi) is 4.97. The molecule has 110 valence electrons. The topological polar surface area (TPSA) is 90.1 Å². The van der Waals surface area contributed by atoms with E-state index in [1.807, 2.05) is 24.5 Å². The van der Waals surface area contributed by atoms with Crippen LogP contribution in [0.5, 0.6) is 0 Å². The Labute approximate surface area is 133 Å². The molecule has 21 heavy (non-hydrogen) atoms. The van der Waals surface area contributed by atoms with Crippen LogP contribution in [0.2, 0.25) is 0 Å². The van der Waals surface area contributed by atoms with Crippen LogP contribution in [0.1, 0.15) is 0 Å². The largest absolute Gasteiger partial charge is 0.404 e. The van der Waals surface area contributed by atoms with E-state index in [-0.39, 0.29) is 22.7 Å². The molecule has 0 radical (unpaired) electrons. The number of rotatable bonds is 5. The van der Waals surface area contributed by atoms with Crippen molar-refractivity contribution < 1.29 is 9.72 Å². The Hall–Kier alpha value is -1.87. The maximum atomic E-state index is 11.9. The van der Waals surface area contributed by atoms with Gasteiger partial charge in [-0.1, -0.05) is 6.07 Å². The molecule has 0 fully saturated rings. The van der Waals surface area contributed by atoms with Crippen LogP contribution in [0.3, 0.4) is 0 Å². The third-order valence-electron chi connectivity index (χ3n) is 2.53. The molecular formula is C12H11BrN4O3S. The number of amides is 1. The summed E-state index contributed by atoms with van der Waals surface area (Å²) in [5.74, 6) is -0.620. The Morgan fingerprint density at radius 2 is 2.33 bits per heavy atom. The number of halogens is 1. The van der Waals surface area contributed by atoms with E-state index in [1.165, 1.54) is 10.9 Å². The van der Waals surface area contributed by atoms with Crippen molar-refractivity contribution in [1.82, 2.24) is 9.78 Å². The van der Waals surface area contributed by atoms with Gasteiger partial charge in [-0.05, 0) is 45.3 Å². The quantitative estimate of drug-likeness (QED) is 0.496. The van der Waals surface area contributed by atoms with Crippen LogP contribution >= 0.6 is 27.7 Å². The lowest BCUT2D eigenvalue weighted by molar-refractivity contribution is -0.390. The minimum atomic E-state index is -0.611. The maximum absolute atomic E-state index is 11.9. The van der Waals surface area contributed by atoms with E-state index in [9.17, 15) is 14.9 Å². The molecule has 0 saturated carbocycles. The first-order valence-corrected chi connectivity index (χ1v) is 7.82. The number of nitrogens with one attached hydrogen (secondary N) is 1. The molecule has 0 bridgehead atoms. The van der Waals surface area contributed by atoms with E-state index < -0.39 is 4.92 Å². The summed E-state index contributed by atoms with van der Waals surface area (Å²) in [6.07, 6.45) is 3.34. The van der Waals surface area contributed by atoms with Crippen molar-refractivity contribution >= 4 is 45.1 Å². The van der Waals surface area contributed by atoms with Gasteiger partial charge in [-0.15, -0.1) is 11.8 Å². The molecule has 0 atom stereocenters. The number of anilines is 1. The molecule has 0 aliphatic carbocycles. The predicted molar refractivity (Wildman–Crippen MR) is 83.4 cm³/mol. The second-order valence-electron chi connectivity index (χ2n) is 4.04. The van der Waals surface area contributed by atoms with Gasteiger partial charge >= 0.3 is 5.82 Å². The van der Waals surface area contributed by atoms with Gasteiger partial charge in [0.25, 0.3) is 0 Å². The van der Waals surface area contributed by atoms with Crippen LogP contribution in [0.4, 0.5) is 11.5 Å². The van der Waals surface area contributed by atoms with Gasteiger partial charge in [-0.25, -0.2) is 0 Å². The average molecular weight is 371 g/mol. The van der Waals surface area contributed by atoms with E-state index in [0.29, 0.717) is 5.69 Å². The second kappa shape index (κ2) is 6.72. The highest BCUT2D eigenvalue weighted by atomic mass is 79.9. The molecule has 2 rings (SSSR count). The summed E-state index contributed by atoms with van der Waals surface area (Å²) < 4.78 is 1.46. The van der Waals surface area contributed by atoms with Gasteiger partial charge in [-0.2, -0.15) is 4.68 Å². The second-order valence-corrected chi connectivity index (χ2v) is 5.77. The SMILES string of the molecule is CSc1cccc(NC(=O)Cn2cc(Br)c([N+](=O)[O-])n2)c1. The molecule has 7 nitrogen and oxygen atoms in total. The van der Waals surface area contributed by atoms with Crippen molar-refractivity contribution in [3.8, 4) is 0 Å². The zero-order valence-corrected chi connectivity index (χ0v) is 13.3. The Morgan fingerprint density at radius 1 is 1.57 bits per heavy atom. The van der Waals surface area contributed by atoms with Crippen molar-refractivity contribution in [3.05, 3.63) is 45.0 Å². The minimum Gasteiger partial charge on any atom is -0.358 e. The molecule has 0 saturated heterocycles. The summed E-state index contributed by atoms with van der Waals surface area (Å²) in [6.45, 7) is -0.101. The Balaban J connectivity index is 2.04. The molecular weight excluding hydrogens is 360 g/mol. The number of benzene rings is 1. The summed E-state index contributed by atoms with van der Waals surface area (Å²) >= 11 is 4.61. The Morgan fingerprint density at radius 3 is 2.95 bits per heavy atom. The lowest BCUT2D eigenvalue weighted by Gasteiger charge is -2.05. The molecule has 0 unspecified atom stereocenters. The van der Waals surface area contributed by atoms with Gasteiger partial charge in [0, 0.05) is 10.6 Å². The first-order chi connectivity index (χ1) is 9.99. The predicted octanol–water partition coefficient (Wildman–Crippen LogP) is 2.91. The van der Waals surface area contributed by atoms with Crippen molar-refractivity contribution in [3.63, 3.8) is 0 Å². The average Bonchev–Trinajstić information content (AvgIpc) is 2.79. The molecule has 1 amide bonds. The number of hydrogen-bond donors (Lipinski definition) is 1. The fourth-order valence-electron chi connectivity index (χ4n) is 1.64. The minimum absolute atomic E-state index is 0.101. The van der Waals surface area contributed by atoms with Crippen molar-refractivity contribution in [1.29, 1.82) is 0 Å². The van der Waals surface area contributed by atoms with E-state index in [2.05, 4.69) is 26.3 Å². The molecule has 9 heteroatoms. The van der Waals surface area contributed by atoms with Gasteiger partial charge in [0.05, 0.1) is 11.3 Å². The highest BCUT2D eigenvalue weighted by Crippen LogP contribution is 2.22. The van der Waals surface area contributed by atoms with Crippen LogP contribution in [0.15, 0.2) is 39.8 Å². The molecule has 1 heterocycles. The zero-order chi connectivity index (χ0) is 15.4. The summed E-state index contributed by atoms with van der Waals surface area (Å²) in [7, 11) is 0. The van der Waals surface area contributed by atoms with Gasteiger partial charge in [-0.3, -0.25) is 4.79 Å². The molecule has 1 aromatic heterocycles. The fraction of sp³-hybridized carbons (Fsp3) is 0.167. The number of nitrogens with zero attached hydrogens (tertiary/aromatic N) is 3. The Bertz CT molecular complexity index is 689. The van der Waals surface area contributed by atoms with Crippen LogP contribution in [-0.2, 0) is 11.3 Å². The fourth-order valence-corrected chi connectivity index (χ4v) is 2.56. The third kappa shape index (κ3) is 4.05. The van der Waals surface area contributed by atoms with E-state index >= 15 is 0 Å². The van der Waals surface area contributed by atoms with Crippen LogP contribution in [0.25, 0.3) is 0 Å². The zero-order valence-electron chi connectivity index (χ0n) is 10.9. The van der Waals surface area contributed by atoms with E-state index in [4.69, 9.17) is 0 Å². The van der Waals surface area contributed by atoms with Crippen LogP contribution in [-0.4, -0.2) is 26.9 Å². The highest BCUT2D eigenvalue weighted by Gasteiger charge is 2.19. The summed E-state index contributed by atoms with van der Waals surface area (Å²) in [5, 5.41) is 17.1. The van der Waals surface area contributed by atoms with Gasteiger partial charge in [0.15, 0.2) is 0 Å². The molecule has 2 aromatic rings. The van der Waals surface area contributed by atoms with E-state index in [1.54, 1.807) is 17.8 Å². The molecule has 0 aliphatic rings. The summed E-state index contributed by atoms with van der Waals surface area (Å²) in [4.78, 5) is 23.0. The summed E-state index contributed by atoms with van der Waals surface area (Å²) in [6, 6.07) is 7.41. The number of thioether (sulfide) groups is 1. The molecule has 0 aliphatic heterocycles. The molecule has 1 aromatic carbocycles. The van der Waals surface area contributed by atoms with Gasteiger partial charge in [0.1, 0.15) is 11.0 Å².